The van der Waals surface area contributed by atoms with E-state index in [4.69, 9.17) is 18.9 Å². The number of hydrogen-bond donors (Lipinski definition) is 0. The van der Waals surface area contributed by atoms with E-state index in [1.807, 2.05) is 36.4 Å². The molecule has 0 unspecified atom stereocenters. The average molecular weight is 350 g/mol. The fourth-order valence-corrected chi connectivity index (χ4v) is 3.95. The van der Waals surface area contributed by atoms with Crippen LogP contribution in [0.4, 0.5) is 0 Å². The number of ether oxygens (including phenoxy) is 4. The summed E-state index contributed by atoms with van der Waals surface area (Å²) in [6, 6.07) is 11.7. The Bertz CT molecular complexity index is 926. The highest BCUT2D eigenvalue weighted by Gasteiger charge is 2.38. The van der Waals surface area contributed by atoms with Crippen molar-refractivity contribution in [1.82, 2.24) is 0 Å². The molecule has 0 spiro atoms. The van der Waals surface area contributed by atoms with E-state index in [-0.39, 0.29) is 18.5 Å². The van der Waals surface area contributed by atoms with Crippen molar-refractivity contribution < 1.29 is 23.7 Å². The van der Waals surface area contributed by atoms with Gasteiger partial charge in [0.2, 0.25) is 6.79 Å². The molecular weight excluding hydrogens is 332 g/mol. The summed E-state index contributed by atoms with van der Waals surface area (Å²) in [6.45, 7) is 0.206. The maximum Gasteiger partial charge on any atom is 0.231 e. The number of ketones is 1. The Kier molecular flexibility index (Phi) is 3.42. The van der Waals surface area contributed by atoms with Crippen LogP contribution in [0.2, 0.25) is 0 Å². The van der Waals surface area contributed by atoms with Gasteiger partial charge in [0.05, 0.1) is 7.11 Å². The van der Waals surface area contributed by atoms with Gasteiger partial charge in [-0.05, 0) is 30.2 Å². The highest BCUT2D eigenvalue weighted by molar-refractivity contribution is 5.99. The smallest absolute Gasteiger partial charge is 0.231 e. The van der Waals surface area contributed by atoms with Crippen LogP contribution >= 0.6 is 0 Å². The molecule has 0 saturated heterocycles. The molecule has 3 aliphatic rings. The van der Waals surface area contributed by atoms with Crippen molar-refractivity contribution in [3.8, 4) is 23.0 Å². The zero-order chi connectivity index (χ0) is 17.7. The zero-order valence-electron chi connectivity index (χ0n) is 14.4. The first-order valence-corrected chi connectivity index (χ1v) is 8.76. The summed E-state index contributed by atoms with van der Waals surface area (Å²) in [5.74, 6) is 3.69. The van der Waals surface area contributed by atoms with Crippen molar-refractivity contribution in [2.45, 2.75) is 25.2 Å². The maximum atomic E-state index is 12.8. The van der Waals surface area contributed by atoms with Crippen molar-refractivity contribution in [3.05, 3.63) is 58.9 Å². The minimum absolute atomic E-state index is 0.162. The highest BCUT2D eigenvalue weighted by Crippen LogP contribution is 2.50. The van der Waals surface area contributed by atoms with Crippen molar-refractivity contribution in [3.63, 3.8) is 0 Å². The lowest BCUT2D eigenvalue weighted by Crippen LogP contribution is -2.25. The molecule has 5 rings (SSSR count). The van der Waals surface area contributed by atoms with Crippen LogP contribution in [0, 0.1) is 0 Å². The number of rotatable bonds is 2. The molecule has 5 heteroatoms. The predicted molar refractivity (Wildman–Crippen MR) is 93.9 cm³/mol. The molecule has 132 valence electrons. The predicted octanol–water partition coefficient (Wildman–Crippen LogP) is 3.96. The van der Waals surface area contributed by atoms with Gasteiger partial charge >= 0.3 is 0 Å². The van der Waals surface area contributed by atoms with Crippen LogP contribution in [0.5, 0.6) is 23.0 Å². The van der Waals surface area contributed by atoms with E-state index in [1.54, 1.807) is 7.11 Å². The number of benzene rings is 2. The van der Waals surface area contributed by atoms with Crippen LogP contribution in [0.1, 0.15) is 36.3 Å². The first-order valence-electron chi connectivity index (χ1n) is 8.76. The monoisotopic (exact) mass is 350 g/mol. The Morgan fingerprint density at radius 1 is 1.00 bits per heavy atom. The lowest BCUT2D eigenvalue weighted by molar-refractivity contribution is -0.116. The van der Waals surface area contributed by atoms with Crippen molar-refractivity contribution in [2.75, 3.05) is 13.9 Å². The number of fused-ring (bicyclic) bond motifs is 2. The molecule has 0 saturated carbocycles. The number of carbonyl (C=O) groups excluding carboxylic acids is 1. The summed E-state index contributed by atoms with van der Waals surface area (Å²) in [5.41, 5.74) is 2.75. The molecule has 0 N–H and O–H groups in total. The van der Waals surface area contributed by atoms with Gasteiger partial charge in [0, 0.05) is 36.0 Å². The maximum absolute atomic E-state index is 12.8. The lowest BCUT2D eigenvalue weighted by Gasteiger charge is -2.33. The van der Waals surface area contributed by atoms with E-state index in [1.165, 1.54) is 0 Å². The normalized spacial score (nSPS) is 20.3. The Hall–Kier alpha value is -2.95. The second kappa shape index (κ2) is 5.80. The van der Waals surface area contributed by atoms with Crippen LogP contribution in [-0.2, 0) is 4.79 Å². The summed E-state index contributed by atoms with van der Waals surface area (Å²) in [5, 5.41) is 0. The minimum Gasteiger partial charge on any atom is -0.497 e. The van der Waals surface area contributed by atoms with Crippen LogP contribution in [-0.4, -0.2) is 19.7 Å². The molecule has 0 aromatic heterocycles. The molecule has 1 atom stereocenters. The Morgan fingerprint density at radius 3 is 2.54 bits per heavy atom. The Balaban J connectivity index is 1.70. The third-order valence-electron chi connectivity index (χ3n) is 5.20. The first-order chi connectivity index (χ1) is 12.7. The molecule has 5 nitrogen and oxygen atoms in total. The van der Waals surface area contributed by atoms with Crippen molar-refractivity contribution in [2.24, 2.45) is 0 Å². The number of allylic oxidation sites excluding steroid dienone is 2. The molecule has 2 aliphatic heterocycles. The third-order valence-corrected chi connectivity index (χ3v) is 5.20. The highest BCUT2D eigenvalue weighted by atomic mass is 16.7. The summed E-state index contributed by atoms with van der Waals surface area (Å²) < 4.78 is 22.4. The number of hydrogen-bond acceptors (Lipinski definition) is 5. The molecule has 2 aromatic carbocycles. The first kappa shape index (κ1) is 15.3. The van der Waals surface area contributed by atoms with Crippen LogP contribution in [0.3, 0.4) is 0 Å². The second-order valence-electron chi connectivity index (χ2n) is 6.67. The van der Waals surface area contributed by atoms with Gasteiger partial charge in [-0.25, -0.2) is 0 Å². The fourth-order valence-electron chi connectivity index (χ4n) is 3.95. The van der Waals surface area contributed by atoms with Gasteiger partial charge in [-0.15, -0.1) is 0 Å². The van der Waals surface area contributed by atoms with E-state index in [2.05, 4.69) is 0 Å². The molecule has 2 aromatic rings. The zero-order valence-corrected chi connectivity index (χ0v) is 14.4. The number of Topliss-reactive ketones (excluding diaryl/α,β-unsaturated/α-hetero) is 1. The summed E-state index contributed by atoms with van der Waals surface area (Å²) in [6.07, 6.45) is 2.17. The molecule has 0 amide bonds. The van der Waals surface area contributed by atoms with Gasteiger partial charge < -0.3 is 18.9 Å². The second-order valence-corrected chi connectivity index (χ2v) is 6.67. The van der Waals surface area contributed by atoms with Crippen LogP contribution in [0.15, 0.2) is 47.7 Å². The quantitative estimate of drug-likeness (QED) is 0.821. The molecule has 0 bridgehead atoms. The van der Waals surface area contributed by atoms with E-state index in [9.17, 15) is 4.79 Å². The third kappa shape index (κ3) is 2.27. The van der Waals surface area contributed by atoms with Gasteiger partial charge in [-0.3, -0.25) is 4.79 Å². The Morgan fingerprint density at radius 2 is 1.77 bits per heavy atom. The molecule has 26 heavy (non-hydrogen) atoms. The molecule has 0 radical (unpaired) electrons. The molecule has 2 heterocycles. The average Bonchev–Trinajstić information content (AvgIpc) is 3.12. The van der Waals surface area contributed by atoms with Gasteiger partial charge in [-0.2, -0.15) is 0 Å². The van der Waals surface area contributed by atoms with E-state index in [0.717, 1.165) is 46.8 Å². The van der Waals surface area contributed by atoms with Crippen LogP contribution in [0.25, 0.3) is 0 Å². The largest absolute Gasteiger partial charge is 0.497 e. The van der Waals surface area contributed by atoms with Gasteiger partial charge in [-0.1, -0.05) is 12.1 Å². The van der Waals surface area contributed by atoms with E-state index < -0.39 is 0 Å². The number of carbonyl (C=O) groups is 1. The van der Waals surface area contributed by atoms with Crippen molar-refractivity contribution in [1.29, 1.82) is 0 Å². The minimum atomic E-state index is -0.165. The van der Waals surface area contributed by atoms with Gasteiger partial charge in [0.1, 0.15) is 17.3 Å². The number of methoxy groups -OCH3 is 1. The van der Waals surface area contributed by atoms with E-state index in [0.29, 0.717) is 17.9 Å². The van der Waals surface area contributed by atoms with Gasteiger partial charge in [0.15, 0.2) is 17.3 Å². The lowest BCUT2D eigenvalue weighted by atomic mass is 9.77. The van der Waals surface area contributed by atoms with Gasteiger partial charge in [0.25, 0.3) is 0 Å². The Labute approximate surface area is 151 Å². The van der Waals surface area contributed by atoms with Crippen LogP contribution < -0.4 is 18.9 Å². The van der Waals surface area contributed by atoms with Crippen molar-refractivity contribution >= 4 is 5.78 Å². The van der Waals surface area contributed by atoms with E-state index >= 15 is 0 Å². The standard InChI is InChI=1S/C21H18O5/c1-23-13-7-5-12(6-8-13)20-14-9-18-19(25-11-24-18)10-17(14)26-16-4-2-3-15(22)21(16)20/h5-10,20H,2-4,11H2,1H3/t20-/m1/s1. The SMILES string of the molecule is COc1ccc([C@H]2C3=C(CCCC3=O)Oc3cc4c(cc32)OCO4)cc1. The molecule has 1 aliphatic carbocycles. The molecular formula is C21H18O5. The molecule has 0 fully saturated rings. The fraction of sp³-hybridized carbons (Fsp3) is 0.286. The summed E-state index contributed by atoms with van der Waals surface area (Å²) in [4.78, 5) is 12.8. The topological polar surface area (TPSA) is 54.0 Å². The summed E-state index contributed by atoms with van der Waals surface area (Å²) >= 11 is 0. The summed E-state index contributed by atoms with van der Waals surface area (Å²) in [7, 11) is 1.64.